The number of hydrogen-bond donors (Lipinski definition) is 4. The van der Waals surface area contributed by atoms with Crippen molar-refractivity contribution in [2.75, 3.05) is 19.5 Å². The Balaban J connectivity index is 0.000000330. The number of carbonyl (C=O) groups excluding carboxylic acids is 1. The summed E-state index contributed by atoms with van der Waals surface area (Å²) >= 11 is 10.3. The lowest BCUT2D eigenvalue weighted by Gasteiger charge is -2.10. The number of hydrogen-bond acceptors (Lipinski definition) is 6. The Labute approximate surface area is 191 Å². The highest BCUT2D eigenvalue weighted by Crippen LogP contribution is 2.29. The van der Waals surface area contributed by atoms with Gasteiger partial charge in [-0.2, -0.15) is 0 Å². The molecule has 3 N–H and O–H groups in total. The monoisotopic (exact) mass is 454 g/mol. The van der Waals surface area contributed by atoms with Gasteiger partial charge in [-0.1, -0.05) is 17.7 Å². The predicted octanol–water partition coefficient (Wildman–Crippen LogP) is 5.44. The first-order valence-corrected chi connectivity index (χ1v) is 10.3. The van der Waals surface area contributed by atoms with Crippen molar-refractivity contribution in [3.8, 4) is 0 Å². The summed E-state index contributed by atoms with van der Waals surface area (Å²) in [5.41, 5.74) is 4.33. The molecule has 0 aliphatic rings. The van der Waals surface area contributed by atoms with E-state index in [4.69, 9.17) is 16.3 Å². The average Bonchev–Trinajstić information content (AvgIpc) is 3.18. The van der Waals surface area contributed by atoms with Crippen LogP contribution in [0.4, 0.5) is 11.4 Å². The van der Waals surface area contributed by atoms with Crippen molar-refractivity contribution in [1.82, 2.24) is 15.3 Å². The van der Waals surface area contributed by atoms with E-state index in [1.54, 1.807) is 30.6 Å². The highest BCUT2D eigenvalue weighted by Gasteiger charge is 2.10. The number of pyridine rings is 1. The molecule has 0 radical (unpaired) electrons. The molecule has 0 saturated carbocycles. The zero-order valence-electron chi connectivity index (χ0n) is 17.1. The number of aromatic amines is 1. The molecule has 0 spiro atoms. The third-order valence-corrected chi connectivity index (χ3v) is 5.03. The summed E-state index contributed by atoms with van der Waals surface area (Å²) in [7, 11) is 3.27. The van der Waals surface area contributed by atoms with E-state index in [0.29, 0.717) is 10.6 Å². The maximum atomic E-state index is 11.5. The lowest BCUT2D eigenvalue weighted by atomic mass is 10.1. The van der Waals surface area contributed by atoms with Gasteiger partial charge in [0.1, 0.15) is 0 Å². The van der Waals surface area contributed by atoms with Crippen molar-refractivity contribution in [2.45, 2.75) is 11.4 Å². The molecule has 0 bridgehead atoms. The lowest BCUT2D eigenvalue weighted by molar-refractivity contribution is 0.0601. The van der Waals surface area contributed by atoms with E-state index in [2.05, 4.69) is 39.3 Å². The summed E-state index contributed by atoms with van der Waals surface area (Å²) in [5, 5.41) is 8.06. The molecule has 6 nitrogen and oxygen atoms in total. The predicted molar refractivity (Wildman–Crippen MR) is 129 cm³/mol. The molecule has 0 aliphatic heterocycles. The van der Waals surface area contributed by atoms with Crippen molar-refractivity contribution >= 4 is 52.5 Å². The fraction of sp³-hybridized carbons (Fsp3) is 0.130. The number of anilines is 2. The van der Waals surface area contributed by atoms with Crippen molar-refractivity contribution in [2.24, 2.45) is 0 Å². The number of benzene rings is 2. The van der Waals surface area contributed by atoms with Crippen LogP contribution in [0.15, 0.2) is 72.0 Å². The van der Waals surface area contributed by atoms with E-state index in [9.17, 15) is 4.79 Å². The Morgan fingerprint density at radius 1 is 1.23 bits per heavy atom. The molecule has 0 fully saturated rings. The molecule has 0 unspecified atom stereocenters. The Morgan fingerprint density at radius 3 is 2.68 bits per heavy atom. The number of methoxy groups -OCH3 is 1. The second kappa shape index (κ2) is 10.9. The molecule has 2 aromatic carbocycles. The third-order valence-electron chi connectivity index (χ3n) is 4.45. The zero-order valence-corrected chi connectivity index (χ0v) is 18.8. The van der Waals surface area contributed by atoms with Gasteiger partial charge in [-0.15, -0.1) is 12.6 Å². The van der Waals surface area contributed by atoms with Crippen LogP contribution in [0.5, 0.6) is 0 Å². The minimum Gasteiger partial charge on any atom is -0.465 e. The standard InChI is InChI=1S/C18H18ClN3O2.C5H5NS/c1-20-9-12-10-21-17-8-13(4-5-14(12)17)22-16-6-3-11(7-15(16)19)18(23)24-2;7-5-2-1-3-6-4-5/h3-8,10,20-22H,9H2,1-2H3;1-4,7H. The maximum absolute atomic E-state index is 11.5. The van der Waals surface area contributed by atoms with Gasteiger partial charge in [0, 0.05) is 46.6 Å². The van der Waals surface area contributed by atoms with E-state index >= 15 is 0 Å². The Bertz CT molecular complexity index is 1160. The van der Waals surface area contributed by atoms with E-state index in [1.165, 1.54) is 18.1 Å². The molecule has 4 aromatic rings. The Morgan fingerprint density at radius 2 is 2.06 bits per heavy atom. The second-order valence-corrected chi connectivity index (χ2v) is 7.55. The van der Waals surface area contributed by atoms with Crippen LogP contribution < -0.4 is 10.6 Å². The molecule has 0 saturated heterocycles. The average molecular weight is 455 g/mol. The van der Waals surface area contributed by atoms with Crippen LogP contribution in [0.3, 0.4) is 0 Å². The smallest absolute Gasteiger partial charge is 0.337 e. The van der Waals surface area contributed by atoms with Gasteiger partial charge in [-0.05, 0) is 55.1 Å². The number of halogens is 1. The topological polar surface area (TPSA) is 79.0 Å². The fourth-order valence-corrected chi connectivity index (χ4v) is 3.35. The molecule has 8 heteroatoms. The summed E-state index contributed by atoms with van der Waals surface area (Å²) in [6.45, 7) is 0.813. The first kappa shape index (κ1) is 22.7. The number of fused-ring (bicyclic) bond motifs is 1. The molecular formula is C23H23ClN4O2S. The molecule has 160 valence electrons. The summed E-state index contributed by atoms with van der Waals surface area (Å²) in [4.78, 5) is 19.5. The largest absolute Gasteiger partial charge is 0.465 e. The number of aromatic nitrogens is 2. The molecule has 0 amide bonds. The molecule has 2 aromatic heterocycles. The molecule has 0 atom stereocenters. The van der Waals surface area contributed by atoms with E-state index in [-0.39, 0.29) is 0 Å². The van der Waals surface area contributed by atoms with Crippen LogP contribution in [-0.2, 0) is 11.3 Å². The minimum absolute atomic E-state index is 0.409. The maximum Gasteiger partial charge on any atom is 0.337 e. The Kier molecular flexibility index (Phi) is 7.94. The number of thiol groups is 1. The number of H-pyrrole nitrogens is 1. The van der Waals surface area contributed by atoms with Gasteiger partial charge in [-0.25, -0.2) is 4.79 Å². The minimum atomic E-state index is -0.409. The number of carbonyl (C=O) groups is 1. The van der Waals surface area contributed by atoms with Crippen molar-refractivity contribution in [1.29, 1.82) is 0 Å². The van der Waals surface area contributed by atoms with E-state index in [1.807, 2.05) is 37.5 Å². The number of esters is 1. The molecule has 31 heavy (non-hydrogen) atoms. The van der Waals surface area contributed by atoms with Crippen LogP contribution in [0.2, 0.25) is 5.02 Å². The van der Waals surface area contributed by atoms with Crippen LogP contribution in [0, 0.1) is 0 Å². The van der Waals surface area contributed by atoms with E-state index in [0.717, 1.165) is 28.3 Å². The van der Waals surface area contributed by atoms with Gasteiger partial charge < -0.3 is 20.4 Å². The molecule has 4 rings (SSSR count). The van der Waals surface area contributed by atoms with Gasteiger partial charge in [-0.3, -0.25) is 4.98 Å². The van der Waals surface area contributed by atoms with E-state index < -0.39 is 5.97 Å². The fourth-order valence-electron chi connectivity index (χ4n) is 2.97. The first-order chi connectivity index (χ1) is 15.0. The van der Waals surface area contributed by atoms with Gasteiger partial charge in [0.2, 0.25) is 0 Å². The Hall–Kier alpha value is -3.00. The van der Waals surface area contributed by atoms with Crippen molar-refractivity contribution in [3.63, 3.8) is 0 Å². The quantitative estimate of drug-likeness (QED) is 0.238. The van der Waals surface area contributed by atoms with Crippen LogP contribution >= 0.6 is 24.2 Å². The number of nitrogens with zero attached hydrogens (tertiary/aromatic N) is 1. The van der Waals surface area contributed by atoms with Gasteiger partial charge in [0.15, 0.2) is 0 Å². The SMILES string of the molecule is CNCc1c[nH]c2cc(Nc3ccc(C(=O)OC)cc3Cl)ccc12.Sc1cccnc1. The van der Waals surface area contributed by atoms with Gasteiger partial charge >= 0.3 is 5.97 Å². The summed E-state index contributed by atoms with van der Waals surface area (Å²) in [6.07, 6.45) is 5.42. The number of nitrogens with one attached hydrogen (secondary N) is 3. The van der Waals surface area contributed by atoms with Crippen LogP contribution in [0.1, 0.15) is 15.9 Å². The van der Waals surface area contributed by atoms with Crippen molar-refractivity contribution in [3.05, 3.63) is 83.3 Å². The zero-order chi connectivity index (χ0) is 22.2. The summed E-state index contributed by atoms with van der Waals surface area (Å²) < 4.78 is 4.69. The van der Waals surface area contributed by atoms with Crippen LogP contribution in [-0.4, -0.2) is 30.1 Å². The molecular weight excluding hydrogens is 432 g/mol. The summed E-state index contributed by atoms with van der Waals surface area (Å²) in [6, 6.07) is 14.9. The summed E-state index contributed by atoms with van der Waals surface area (Å²) in [5.74, 6) is -0.409. The molecule has 0 aliphatic carbocycles. The first-order valence-electron chi connectivity index (χ1n) is 9.50. The highest BCUT2D eigenvalue weighted by molar-refractivity contribution is 7.80. The number of ether oxygens (including phenoxy) is 1. The van der Waals surface area contributed by atoms with Gasteiger partial charge in [0.25, 0.3) is 0 Å². The third kappa shape index (κ3) is 6.01. The molecule has 2 heterocycles. The van der Waals surface area contributed by atoms with Gasteiger partial charge in [0.05, 0.1) is 23.4 Å². The number of rotatable bonds is 5. The second-order valence-electron chi connectivity index (χ2n) is 6.63. The highest BCUT2D eigenvalue weighted by atomic mass is 35.5. The normalized spacial score (nSPS) is 10.3. The van der Waals surface area contributed by atoms with Crippen molar-refractivity contribution < 1.29 is 9.53 Å². The lowest BCUT2D eigenvalue weighted by Crippen LogP contribution is -2.04. The van der Waals surface area contributed by atoms with Crippen LogP contribution in [0.25, 0.3) is 10.9 Å².